The van der Waals surface area contributed by atoms with Crippen LogP contribution < -0.4 is 4.72 Å². The maximum absolute atomic E-state index is 13.3. The zero-order chi connectivity index (χ0) is 12.5. The fraction of sp³-hybridized carbons (Fsp3) is 0. The van der Waals surface area contributed by atoms with E-state index >= 15 is 0 Å². The number of hydrogen-bond donors (Lipinski definition) is 2. The van der Waals surface area contributed by atoms with Crippen LogP contribution in [0.25, 0.3) is 0 Å². The summed E-state index contributed by atoms with van der Waals surface area (Å²) in [7, 11) is -3.85. The summed E-state index contributed by atoms with van der Waals surface area (Å²) in [6.07, 6.45) is 2.30. The zero-order valence-corrected chi connectivity index (χ0v) is 9.89. The van der Waals surface area contributed by atoms with Crippen LogP contribution in [0.2, 0.25) is 5.02 Å². The van der Waals surface area contributed by atoms with Crippen LogP contribution in [0.1, 0.15) is 0 Å². The standard InChI is InChI=1S/C9H7ClFN3O2S/c10-6-1-2-8(11)9(3-6)14-17(15,16)7-4-12-13-5-7/h1-5,14H,(H,12,13). The third-order valence-corrected chi connectivity index (χ3v) is 3.52. The summed E-state index contributed by atoms with van der Waals surface area (Å²) in [6.45, 7) is 0. The molecule has 0 saturated carbocycles. The van der Waals surface area contributed by atoms with Gasteiger partial charge in [-0.25, -0.2) is 12.8 Å². The second-order valence-electron chi connectivity index (χ2n) is 3.16. The first-order valence-corrected chi connectivity index (χ1v) is 6.32. The van der Waals surface area contributed by atoms with Crippen molar-refractivity contribution in [1.29, 1.82) is 0 Å². The Balaban J connectivity index is 2.36. The summed E-state index contributed by atoms with van der Waals surface area (Å²) in [6, 6.07) is 3.59. The molecular formula is C9H7ClFN3O2S. The van der Waals surface area contributed by atoms with Gasteiger partial charge < -0.3 is 0 Å². The van der Waals surface area contributed by atoms with Gasteiger partial charge in [0.2, 0.25) is 0 Å². The van der Waals surface area contributed by atoms with E-state index in [1.54, 1.807) is 0 Å². The van der Waals surface area contributed by atoms with Crippen LogP contribution in [-0.2, 0) is 10.0 Å². The van der Waals surface area contributed by atoms with Gasteiger partial charge in [0.15, 0.2) is 0 Å². The topological polar surface area (TPSA) is 74.8 Å². The first-order chi connectivity index (χ1) is 7.99. The summed E-state index contributed by atoms with van der Waals surface area (Å²) in [5, 5.41) is 6.10. The number of H-pyrrole nitrogens is 1. The van der Waals surface area contributed by atoms with Crippen molar-refractivity contribution >= 4 is 27.3 Å². The van der Waals surface area contributed by atoms with E-state index < -0.39 is 15.8 Å². The molecule has 0 saturated heterocycles. The number of hydrogen-bond acceptors (Lipinski definition) is 3. The molecule has 5 nitrogen and oxygen atoms in total. The van der Waals surface area contributed by atoms with E-state index in [0.29, 0.717) is 0 Å². The Morgan fingerprint density at radius 2 is 2.18 bits per heavy atom. The smallest absolute Gasteiger partial charge is 0.265 e. The van der Waals surface area contributed by atoms with Gasteiger partial charge >= 0.3 is 0 Å². The summed E-state index contributed by atoms with van der Waals surface area (Å²) >= 11 is 5.65. The second-order valence-corrected chi connectivity index (χ2v) is 5.28. The summed E-state index contributed by atoms with van der Waals surface area (Å²) < 4.78 is 38.9. The van der Waals surface area contributed by atoms with Gasteiger partial charge in [-0.15, -0.1) is 0 Å². The molecule has 8 heteroatoms. The van der Waals surface area contributed by atoms with Crippen molar-refractivity contribution in [2.45, 2.75) is 4.90 Å². The molecule has 0 amide bonds. The van der Waals surface area contributed by atoms with E-state index in [1.807, 2.05) is 0 Å². The molecule has 0 spiro atoms. The van der Waals surface area contributed by atoms with Crippen molar-refractivity contribution in [3.05, 3.63) is 41.4 Å². The van der Waals surface area contributed by atoms with Gasteiger partial charge in [-0.2, -0.15) is 5.10 Å². The fourth-order valence-corrected chi connectivity index (χ4v) is 2.30. The first kappa shape index (κ1) is 11.9. The normalized spacial score (nSPS) is 11.4. The average molecular weight is 276 g/mol. The molecule has 2 rings (SSSR count). The Kier molecular flexibility index (Phi) is 3.03. The minimum absolute atomic E-state index is 0.0862. The van der Waals surface area contributed by atoms with E-state index in [1.165, 1.54) is 18.3 Å². The predicted molar refractivity (Wildman–Crippen MR) is 60.8 cm³/mol. The van der Waals surface area contributed by atoms with Gasteiger partial charge in [0.25, 0.3) is 10.0 Å². The first-order valence-electron chi connectivity index (χ1n) is 4.46. The lowest BCUT2D eigenvalue weighted by molar-refractivity contribution is 0.598. The average Bonchev–Trinajstić information content (AvgIpc) is 2.77. The SMILES string of the molecule is O=S(=O)(Nc1cc(Cl)ccc1F)c1cn[nH]c1. The minimum atomic E-state index is -3.85. The largest absolute Gasteiger partial charge is 0.284 e. The minimum Gasteiger partial charge on any atom is -0.284 e. The Hall–Kier alpha value is -1.60. The quantitative estimate of drug-likeness (QED) is 0.900. The van der Waals surface area contributed by atoms with Gasteiger partial charge in [-0.05, 0) is 18.2 Å². The van der Waals surface area contributed by atoms with Gasteiger partial charge in [0.05, 0.1) is 11.9 Å². The van der Waals surface area contributed by atoms with Crippen molar-refractivity contribution in [1.82, 2.24) is 10.2 Å². The highest BCUT2D eigenvalue weighted by atomic mass is 35.5. The van der Waals surface area contributed by atoms with Crippen LogP contribution in [0, 0.1) is 5.82 Å². The van der Waals surface area contributed by atoms with Crippen LogP contribution in [0.5, 0.6) is 0 Å². The molecule has 0 unspecified atom stereocenters. The Morgan fingerprint density at radius 3 is 2.82 bits per heavy atom. The van der Waals surface area contributed by atoms with Crippen LogP contribution in [0.3, 0.4) is 0 Å². The molecule has 0 bridgehead atoms. The molecule has 2 aromatic rings. The second kappa shape index (κ2) is 4.34. The van der Waals surface area contributed by atoms with Gasteiger partial charge in [0, 0.05) is 11.2 Å². The molecule has 0 radical (unpaired) electrons. The molecule has 1 heterocycles. The number of rotatable bonds is 3. The van der Waals surface area contributed by atoms with E-state index in [-0.39, 0.29) is 15.6 Å². The summed E-state index contributed by atoms with van der Waals surface area (Å²) in [5.74, 6) is -0.707. The highest BCUT2D eigenvalue weighted by Crippen LogP contribution is 2.22. The number of halogens is 2. The van der Waals surface area contributed by atoms with Crippen LogP contribution in [0.15, 0.2) is 35.5 Å². The number of nitrogens with zero attached hydrogens (tertiary/aromatic N) is 1. The Morgan fingerprint density at radius 1 is 1.41 bits per heavy atom. The van der Waals surface area contributed by atoms with E-state index in [0.717, 1.165) is 12.3 Å². The summed E-state index contributed by atoms with van der Waals surface area (Å²) in [4.78, 5) is -0.0862. The Labute approximate surface area is 102 Å². The molecule has 2 N–H and O–H groups in total. The Bertz CT molecular complexity index is 628. The predicted octanol–water partition coefficient (Wildman–Crippen LogP) is 2.00. The van der Waals surface area contributed by atoms with Crippen LogP contribution in [-0.4, -0.2) is 18.6 Å². The maximum atomic E-state index is 13.3. The monoisotopic (exact) mass is 275 g/mol. The molecule has 17 heavy (non-hydrogen) atoms. The summed E-state index contributed by atoms with van der Waals surface area (Å²) in [5.41, 5.74) is -0.210. The van der Waals surface area contributed by atoms with Crippen molar-refractivity contribution in [3.63, 3.8) is 0 Å². The molecule has 90 valence electrons. The molecule has 0 aliphatic rings. The number of aromatic nitrogens is 2. The zero-order valence-electron chi connectivity index (χ0n) is 8.31. The number of benzene rings is 1. The number of nitrogens with one attached hydrogen (secondary N) is 2. The molecule has 0 aliphatic heterocycles. The van der Waals surface area contributed by atoms with Crippen LogP contribution in [0.4, 0.5) is 10.1 Å². The lowest BCUT2D eigenvalue weighted by Crippen LogP contribution is -2.13. The highest BCUT2D eigenvalue weighted by Gasteiger charge is 2.17. The molecule has 1 aromatic carbocycles. The van der Waals surface area contributed by atoms with Crippen LogP contribution >= 0.6 is 11.6 Å². The van der Waals surface area contributed by atoms with Gasteiger partial charge in [-0.3, -0.25) is 9.82 Å². The van der Waals surface area contributed by atoms with Crippen molar-refractivity contribution in [2.75, 3.05) is 4.72 Å². The van der Waals surface area contributed by atoms with Gasteiger partial charge in [0.1, 0.15) is 10.7 Å². The van der Waals surface area contributed by atoms with Crippen molar-refractivity contribution < 1.29 is 12.8 Å². The van der Waals surface area contributed by atoms with E-state index in [9.17, 15) is 12.8 Å². The molecule has 0 atom stereocenters. The third-order valence-electron chi connectivity index (χ3n) is 1.96. The highest BCUT2D eigenvalue weighted by molar-refractivity contribution is 7.92. The van der Waals surface area contributed by atoms with Gasteiger partial charge in [-0.1, -0.05) is 11.6 Å². The number of anilines is 1. The fourth-order valence-electron chi connectivity index (χ4n) is 1.17. The van der Waals surface area contributed by atoms with Crippen molar-refractivity contribution in [2.24, 2.45) is 0 Å². The molecule has 1 aromatic heterocycles. The lowest BCUT2D eigenvalue weighted by Gasteiger charge is -2.07. The number of sulfonamides is 1. The van der Waals surface area contributed by atoms with E-state index in [4.69, 9.17) is 11.6 Å². The van der Waals surface area contributed by atoms with E-state index in [2.05, 4.69) is 14.9 Å². The maximum Gasteiger partial charge on any atom is 0.265 e. The number of aromatic amines is 1. The molecule has 0 fully saturated rings. The molecule has 0 aliphatic carbocycles. The third kappa shape index (κ3) is 2.56. The molecular weight excluding hydrogens is 269 g/mol. The van der Waals surface area contributed by atoms with Crippen molar-refractivity contribution in [3.8, 4) is 0 Å². The lowest BCUT2D eigenvalue weighted by atomic mass is 10.3.